The summed E-state index contributed by atoms with van der Waals surface area (Å²) in [5.41, 5.74) is -4.81. The van der Waals surface area contributed by atoms with Gasteiger partial charge in [0.25, 0.3) is 0 Å². The van der Waals surface area contributed by atoms with Crippen LogP contribution in [0.2, 0.25) is 0 Å². The molecule has 0 aromatic carbocycles. The van der Waals surface area contributed by atoms with Crippen LogP contribution in [0.4, 0.5) is 13.2 Å². The summed E-state index contributed by atoms with van der Waals surface area (Å²) in [6, 6.07) is 0. The fourth-order valence-electron chi connectivity index (χ4n) is 0.116. The van der Waals surface area contributed by atoms with Crippen molar-refractivity contribution in [3.05, 3.63) is 12.8 Å². The van der Waals surface area contributed by atoms with Gasteiger partial charge in [-0.3, -0.25) is 0 Å². The van der Waals surface area contributed by atoms with Crippen molar-refractivity contribution in [2.24, 2.45) is 0 Å². The van der Waals surface area contributed by atoms with Gasteiger partial charge in [-0.05, 0) is 0 Å². The first kappa shape index (κ1) is 13.1. The van der Waals surface area contributed by atoms with E-state index in [9.17, 15) is 17.4 Å². The Morgan fingerprint density at radius 1 is 1.50 bits per heavy atom. The molecule has 0 radical (unpaired) electrons. The molecule has 1 unspecified atom stereocenters. The van der Waals surface area contributed by atoms with Gasteiger partial charge < -0.3 is 4.18 Å². The van der Waals surface area contributed by atoms with Crippen LogP contribution in [0.3, 0.4) is 0 Å². The number of alkyl halides is 3. The molecule has 0 N–H and O–H groups in total. The summed E-state index contributed by atoms with van der Waals surface area (Å²) in [7, 11) is 0. The monoisotopic (exact) mass is 184 g/mol. The van der Waals surface area contributed by atoms with Gasteiger partial charge in [0.2, 0.25) is 0 Å². The molecular weight excluding hydrogens is 180 g/mol. The van der Waals surface area contributed by atoms with Crippen molar-refractivity contribution in [1.82, 2.24) is 0 Å². The van der Waals surface area contributed by atoms with Crippen LogP contribution in [0.15, 0.2) is 12.8 Å². The molecule has 0 aliphatic heterocycles. The Hall–Kier alpha value is 0.480. The molecule has 0 saturated heterocycles. The molecule has 0 amide bonds. The Bertz CT molecular complexity index is 134. The molecule has 0 aromatic rings. The molecule has 1 atom stereocenters. The second-order valence-corrected chi connectivity index (χ2v) is 2.07. The molecule has 0 heterocycles. The van der Waals surface area contributed by atoms with E-state index in [1.165, 1.54) is 0 Å². The van der Waals surface area contributed by atoms with E-state index in [2.05, 4.69) is 10.8 Å². The molecule has 0 fully saturated rings. The van der Waals surface area contributed by atoms with Crippen LogP contribution >= 0.6 is 0 Å². The summed E-state index contributed by atoms with van der Waals surface area (Å²) in [5.74, 6) is 0. The van der Waals surface area contributed by atoms with Crippen molar-refractivity contribution >= 4 is 40.6 Å². The quantitative estimate of drug-likeness (QED) is 0.466. The summed E-state index contributed by atoms with van der Waals surface area (Å²) < 4.78 is 46.8. The van der Waals surface area contributed by atoms with Crippen LogP contribution in [0, 0.1) is 0 Å². The van der Waals surface area contributed by atoms with E-state index in [-0.39, 0.29) is 29.6 Å². The SMILES string of the molecule is C=COS(=O)C(F)(F)F.[NaH]. The molecule has 0 aliphatic carbocycles. The predicted molar refractivity (Wildman–Crippen MR) is 32.6 cm³/mol. The molecule has 0 aromatic heterocycles. The normalized spacial score (nSPS) is 13.1. The van der Waals surface area contributed by atoms with Gasteiger partial charge in [0, 0.05) is 0 Å². The zero-order chi connectivity index (χ0) is 7.49. The summed E-state index contributed by atoms with van der Waals surface area (Å²) in [5, 5.41) is 0. The number of hydrogen-bond donors (Lipinski definition) is 0. The van der Waals surface area contributed by atoms with Crippen LogP contribution in [0.5, 0.6) is 0 Å². The third-order valence-electron chi connectivity index (χ3n) is 0.344. The summed E-state index contributed by atoms with van der Waals surface area (Å²) in [4.78, 5) is 0. The topological polar surface area (TPSA) is 26.3 Å². The van der Waals surface area contributed by atoms with E-state index in [1.807, 2.05) is 0 Å². The summed E-state index contributed by atoms with van der Waals surface area (Å²) >= 11 is -3.26. The van der Waals surface area contributed by atoms with Gasteiger partial charge in [-0.2, -0.15) is 13.2 Å². The van der Waals surface area contributed by atoms with Crippen molar-refractivity contribution in [3.63, 3.8) is 0 Å². The van der Waals surface area contributed by atoms with Crippen molar-refractivity contribution in [3.8, 4) is 0 Å². The van der Waals surface area contributed by atoms with Crippen molar-refractivity contribution in [2.45, 2.75) is 5.51 Å². The molecule has 0 saturated carbocycles. The number of hydrogen-bond acceptors (Lipinski definition) is 2. The molecule has 0 bridgehead atoms. The minimum absolute atomic E-state index is 0. The van der Waals surface area contributed by atoms with Gasteiger partial charge in [0.05, 0.1) is 6.26 Å². The first-order valence-corrected chi connectivity index (χ1v) is 2.82. The predicted octanol–water partition coefficient (Wildman–Crippen LogP) is 0.681. The third-order valence-corrected chi connectivity index (χ3v) is 1.03. The Kier molecular flexibility index (Phi) is 6.77. The van der Waals surface area contributed by atoms with Gasteiger partial charge in [0.15, 0.2) is 0 Å². The minimum atomic E-state index is -4.81. The maximum absolute atomic E-state index is 11.2. The summed E-state index contributed by atoms with van der Waals surface area (Å²) in [6.07, 6.45) is 0.476. The first-order valence-electron chi connectivity index (χ1n) is 1.75. The molecule has 10 heavy (non-hydrogen) atoms. The maximum atomic E-state index is 11.2. The van der Waals surface area contributed by atoms with Gasteiger partial charge in [-0.1, -0.05) is 6.58 Å². The van der Waals surface area contributed by atoms with E-state index in [4.69, 9.17) is 0 Å². The third kappa shape index (κ3) is 5.28. The van der Waals surface area contributed by atoms with Crippen LogP contribution in [0.25, 0.3) is 0 Å². The van der Waals surface area contributed by atoms with E-state index < -0.39 is 16.6 Å². The van der Waals surface area contributed by atoms with Crippen LogP contribution in [0.1, 0.15) is 0 Å². The van der Waals surface area contributed by atoms with Crippen molar-refractivity contribution in [2.75, 3.05) is 0 Å². The van der Waals surface area contributed by atoms with Gasteiger partial charge in [-0.25, -0.2) is 4.21 Å². The Morgan fingerprint density at radius 3 is 2.00 bits per heavy atom. The fourth-order valence-corrected chi connectivity index (χ4v) is 0.349. The first-order chi connectivity index (χ1) is 3.98. The zero-order valence-corrected chi connectivity index (χ0v) is 4.96. The molecule has 7 heteroatoms. The molecular formula is C3H4F3NaO2S. The molecule has 0 rings (SSSR count). The van der Waals surface area contributed by atoms with Crippen LogP contribution in [-0.2, 0) is 15.3 Å². The van der Waals surface area contributed by atoms with E-state index in [0.29, 0.717) is 6.26 Å². The second-order valence-electron chi connectivity index (χ2n) is 0.943. The number of halogens is 3. The van der Waals surface area contributed by atoms with Gasteiger partial charge in [-0.15, -0.1) is 0 Å². The molecule has 2 nitrogen and oxygen atoms in total. The fraction of sp³-hybridized carbons (Fsp3) is 0.333. The second kappa shape index (κ2) is 5.17. The van der Waals surface area contributed by atoms with E-state index in [0.717, 1.165) is 0 Å². The average Bonchev–Trinajstić information content (AvgIpc) is 1.64. The summed E-state index contributed by atoms with van der Waals surface area (Å²) in [6.45, 7) is 2.80. The average molecular weight is 184 g/mol. The Labute approximate surface area is 80.4 Å². The van der Waals surface area contributed by atoms with Crippen molar-refractivity contribution < 1.29 is 21.6 Å². The van der Waals surface area contributed by atoms with E-state index >= 15 is 0 Å². The van der Waals surface area contributed by atoms with Crippen molar-refractivity contribution in [1.29, 1.82) is 0 Å². The van der Waals surface area contributed by atoms with Crippen LogP contribution in [-0.4, -0.2) is 39.3 Å². The number of rotatable bonds is 2. The van der Waals surface area contributed by atoms with Gasteiger partial charge in [0.1, 0.15) is 0 Å². The van der Waals surface area contributed by atoms with E-state index in [1.54, 1.807) is 0 Å². The molecule has 0 aliphatic rings. The van der Waals surface area contributed by atoms with Crippen LogP contribution < -0.4 is 0 Å². The standard InChI is InChI=1S/C3H3F3O2S.Na.H/c1-2-8-9(7)3(4,5)6;;/h2H,1H2;;. The molecule has 0 spiro atoms. The van der Waals surface area contributed by atoms with Gasteiger partial charge >= 0.3 is 46.1 Å². The molecule has 56 valence electrons. The Balaban J connectivity index is 0. The zero-order valence-electron chi connectivity index (χ0n) is 4.14. The Morgan fingerprint density at radius 2 is 1.90 bits per heavy atom.